The van der Waals surface area contributed by atoms with Crippen molar-refractivity contribution in [1.82, 2.24) is 5.32 Å². The van der Waals surface area contributed by atoms with Crippen LogP contribution in [0.4, 0.5) is 0 Å². The van der Waals surface area contributed by atoms with Gasteiger partial charge in [0.25, 0.3) is 5.91 Å². The van der Waals surface area contributed by atoms with Crippen LogP contribution in [-0.4, -0.2) is 36.1 Å². The van der Waals surface area contributed by atoms with Crippen molar-refractivity contribution in [1.29, 1.82) is 0 Å². The highest BCUT2D eigenvalue weighted by Crippen LogP contribution is 2.40. The number of benzene rings is 1. The smallest absolute Gasteiger partial charge is 0.251 e. The number of aliphatic hydroxyl groups excluding tert-OH is 1. The van der Waals surface area contributed by atoms with Gasteiger partial charge in [0.2, 0.25) is 0 Å². The highest BCUT2D eigenvalue weighted by Gasteiger charge is 2.40. The second kappa shape index (κ2) is 8.00. The lowest BCUT2D eigenvalue weighted by molar-refractivity contribution is -0.133. The molecule has 0 saturated heterocycles. The van der Waals surface area contributed by atoms with E-state index in [9.17, 15) is 14.7 Å². The molecule has 25 heavy (non-hydrogen) atoms. The lowest BCUT2D eigenvalue weighted by Gasteiger charge is -2.22. The Bertz CT molecular complexity index is 630. The van der Waals surface area contributed by atoms with Crippen LogP contribution in [-0.2, 0) is 4.79 Å². The molecule has 5 heteroatoms. The fourth-order valence-electron chi connectivity index (χ4n) is 4.03. The molecular weight excluding hydrogens is 318 g/mol. The molecule has 4 atom stereocenters. The van der Waals surface area contributed by atoms with Gasteiger partial charge >= 0.3 is 0 Å². The number of rotatable bonds is 1. The highest BCUT2D eigenvalue weighted by atomic mass is 16.5. The van der Waals surface area contributed by atoms with Gasteiger partial charge in [-0.05, 0) is 49.8 Å². The van der Waals surface area contributed by atoms with E-state index in [-0.39, 0.29) is 23.5 Å². The zero-order valence-corrected chi connectivity index (χ0v) is 14.7. The molecule has 1 unspecified atom stereocenters. The number of nitrogens with one attached hydrogen (secondary N) is 1. The molecule has 1 heterocycles. The van der Waals surface area contributed by atoms with Crippen LogP contribution in [0.25, 0.3) is 0 Å². The standard InChI is InChI=1S/C20H27NO4/c1-2-13-9-15-12-25-16-6-3-5-14(11-16)20(24)21-8-4-7-18(22)19(23)17(15)10-13/h3,5-6,11,13,15,17-18,22H,2,4,7-10,12H2,1H3,(H,21,24)/t13-,15-,17?,18-/m0/s1. The van der Waals surface area contributed by atoms with E-state index in [4.69, 9.17) is 4.74 Å². The molecule has 5 nitrogen and oxygen atoms in total. The SMILES string of the molecule is CC[C@@H]1CC2C(=O)[C@@H](O)CCCNC(=O)c3cccc(c3)OC[C@@H]2C1. The Labute approximate surface area is 148 Å². The number of Topliss-reactive ketones (excluding diaryl/α,β-unsaturated/α-hetero) is 1. The minimum atomic E-state index is -0.944. The second-order valence-corrected chi connectivity index (χ2v) is 7.27. The van der Waals surface area contributed by atoms with Crippen molar-refractivity contribution in [3.63, 3.8) is 0 Å². The molecule has 1 saturated carbocycles. The van der Waals surface area contributed by atoms with Crippen molar-refractivity contribution in [3.05, 3.63) is 29.8 Å². The summed E-state index contributed by atoms with van der Waals surface area (Å²) < 4.78 is 5.92. The Morgan fingerprint density at radius 3 is 2.92 bits per heavy atom. The summed E-state index contributed by atoms with van der Waals surface area (Å²) in [6.07, 6.45) is 2.88. The number of ether oxygens (including phenoxy) is 1. The quantitative estimate of drug-likeness (QED) is 0.820. The van der Waals surface area contributed by atoms with Crippen LogP contribution >= 0.6 is 0 Å². The van der Waals surface area contributed by atoms with Crippen LogP contribution in [0, 0.1) is 17.8 Å². The Balaban J connectivity index is 1.82. The van der Waals surface area contributed by atoms with Gasteiger partial charge in [0.05, 0.1) is 6.61 Å². The van der Waals surface area contributed by atoms with Gasteiger partial charge in [0, 0.05) is 23.9 Å². The maximum absolute atomic E-state index is 12.7. The number of hydrogen-bond donors (Lipinski definition) is 2. The molecule has 0 aromatic heterocycles. The predicted molar refractivity (Wildman–Crippen MR) is 94.5 cm³/mol. The summed E-state index contributed by atoms with van der Waals surface area (Å²) in [7, 11) is 0. The lowest BCUT2D eigenvalue weighted by Crippen LogP contribution is -2.33. The van der Waals surface area contributed by atoms with Crippen molar-refractivity contribution in [2.45, 2.75) is 45.1 Å². The van der Waals surface area contributed by atoms with Crippen molar-refractivity contribution in [3.8, 4) is 5.75 Å². The third-order valence-electron chi connectivity index (χ3n) is 5.56. The molecule has 1 fully saturated rings. The number of hydrogen-bond acceptors (Lipinski definition) is 4. The van der Waals surface area contributed by atoms with Crippen molar-refractivity contribution >= 4 is 11.7 Å². The Morgan fingerprint density at radius 1 is 1.28 bits per heavy atom. The van der Waals surface area contributed by atoms with Crippen molar-refractivity contribution < 1.29 is 19.4 Å². The van der Waals surface area contributed by atoms with Crippen LogP contribution < -0.4 is 10.1 Å². The van der Waals surface area contributed by atoms with E-state index >= 15 is 0 Å². The summed E-state index contributed by atoms with van der Waals surface area (Å²) in [5.41, 5.74) is 0.570. The molecular formula is C20H27NO4. The number of carbonyl (C=O) groups is 2. The van der Waals surface area contributed by atoms with E-state index in [0.717, 1.165) is 19.3 Å². The number of carbonyl (C=O) groups excluding carboxylic acids is 2. The minimum absolute atomic E-state index is 0.0540. The van der Waals surface area contributed by atoms with E-state index < -0.39 is 6.10 Å². The van der Waals surface area contributed by atoms with Crippen LogP contribution in [0.2, 0.25) is 0 Å². The zero-order chi connectivity index (χ0) is 17.8. The molecule has 0 spiro atoms. The van der Waals surface area contributed by atoms with E-state index in [0.29, 0.717) is 43.2 Å². The predicted octanol–water partition coefficient (Wildman–Crippen LogP) is 2.57. The summed E-state index contributed by atoms with van der Waals surface area (Å²) in [6, 6.07) is 7.16. The molecule has 3 rings (SSSR count). The summed E-state index contributed by atoms with van der Waals surface area (Å²) >= 11 is 0. The van der Waals surface area contributed by atoms with Crippen LogP contribution in [0.3, 0.4) is 0 Å². The molecule has 1 amide bonds. The largest absolute Gasteiger partial charge is 0.493 e. The highest BCUT2D eigenvalue weighted by molar-refractivity contribution is 5.94. The average Bonchev–Trinajstić information content (AvgIpc) is 3.05. The maximum atomic E-state index is 12.7. The zero-order valence-electron chi connectivity index (χ0n) is 14.7. The van der Waals surface area contributed by atoms with Crippen LogP contribution in [0.1, 0.15) is 49.4 Å². The molecule has 2 aliphatic rings. The number of ketones is 1. The lowest BCUT2D eigenvalue weighted by atomic mass is 9.88. The monoisotopic (exact) mass is 345 g/mol. The normalized spacial score (nSPS) is 30.8. The summed E-state index contributed by atoms with van der Waals surface area (Å²) in [6.45, 7) is 3.04. The minimum Gasteiger partial charge on any atom is -0.493 e. The maximum Gasteiger partial charge on any atom is 0.251 e. The number of aliphatic hydroxyl groups is 1. The van der Waals surface area contributed by atoms with Crippen molar-refractivity contribution in [2.24, 2.45) is 17.8 Å². The van der Waals surface area contributed by atoms with Gasteiger partial charge < -0.3 is 15.2 Å². The number of fused-ring (bicyclic) bond motifs is 3. The van der Waals surface area contributed by atoms with Crippen LogP contribution in [0.5, 0.6) is 5.75 Å². The second-order valence-electron chi connectivity index (χ2n) is 7.27. The number of amides is 1. The third-order valence-corrected chi connectivity index (χ3v) is 5.56. The first kappa shape index (κ1) is 17.9. The van der Waals surface area contributed by atoms with Gasteiger partial charge in [-0.1, -0.05) is 19.4 Å². The topological polar surface area (TPSA) is 75.6 Å². The third kappa shape index (κ3) is 4.21. The first-order valence-electron chi connectivity index (χ1n) is 9.31. The molecule has 1 aromatic rings. The van der Waals surface area contributed by atoms with E-state index in [2.05, 4.69) is 12.2 Å². The summed E-state index contributed by atoms with van der Waals surface area (Å²) in [5.74, 6) is 0.958. The fraction of sp³-hybridized carbons (Fsp3) is 0.600. The van der Waals surface area contributed by atoms with E-state index in [1.165, 1.54) is 0 Å². The molecule has 2 N–H and O–H groups in total. The molecule has 1 aliphatic carbocycles. The van der Waals surface area contributed by atoms with Crippen molar-refractivity contribution in [2.75, 3.05) is 13.2 Å². The Morgan fingerprint density at radius 2 is 2.12 bits per heavy atom. The molecule has 0 radical (unpaired) electrons. The van der Waals surface area contributed by atoms with Gasteiger partial charge in [-0.25, -0.2) is 0 Å². The fourth-order valence-corrected chi connectivity index (χ4v) is 4.03. The Hall–Kier alpha value is -1.88. The molecule has 1 aliphatic heterocycles. The summed E-state index contributed by atoms with van der Waals surface area (Å²) in [4.78, 5) is 24.9. The van der Waals surface area contributed by atoms with Crippen LogP contribution in [0.15, 0.2) is 24.3 Å². The van der Waals surface area contributed by atoms with E-state index in [1.807, 2.05) is 12.1 Å². The average molecular weight is 345 g/mol. The van der Waals surface area contributed by atoms with Gasteiger partial charge in [-0.15, -0.1) is 0 Å². The van der Waals surface area contributed by atoms with Gasteiger partial charge in [0.15, 0.2) is 5.78 Å². The van der Waals surface area contributed by atoms with Gasteiger partial charge in [-0.2, -0.15) is 0 Å². The molecule has 1 aromatic carbocycles. The summed E-state index contributed by atoms with van der Waals surface area (Å²) in [5, 5.41) is 13.1. The van der Waals surface area contributed by atoms with Gasteiger partial charge in [-0.3, -0.25) is 9.59 Å². The molecule has 2 bridgehead atoms. The first-order chi connectivity index (χ1) is 12.1. The van der Waals surface area contributed by atoms with E-state index in [1.54, 1.807) is 12.1 Å². The van der Waals surface area contributed by atoms with Gasteiger partial charge in [0.1, 0.15) is 11.9 Å². The first-order valence-corrected chi connectivity index (χ1v) is 9.31. The molecule has 136 valence electrons. The Kier molecular flexibility index (Phi) is 5.74.